The molecule has 2 aliphatic rings. The minimum atomic E-state index is -1.02. The second-order valence-electron chi connectivity index (χ2n) is 10.1. The highest BCUT2D eigenvalue weighted by atomic mass is 32.1. The number of hydrogen-bond donors (Lipinski definition) is 3. The zero-order valence-corrected chi connectivity index (χ0v) is 23.2. The van der Waals surface area contributed by atoms with Crippen LogP contribution in [-0.4, -0.2) is 66.4 Å². The average Bonchev–Trinajstić information content (AvgIpc) is 2.95. The predicted octanol–water partition coefficient (Wildman–Crippen LogP) is 3.62. The third-order valence-electron chi connectivity index (χ3n) is 5.94. The van der Waals surface area contributed by atoms with Crippen LogP contribution in [-0.2, 0) is 35.0 Å². The molecule has 3 N–H and O–H groups in total. The summed E-state index contributed by atoms with van der Waals surface area (Å²) in [6.07, 6.45) is 2.30. The summed E-state index contributed by atoms with van der Waals surface area (Å²) in [5.74, 6) is -2.23. The van der Waals surface area contributed by atoms with Gasteiger partial charge < -0.3 is 34.3 Å². The quantitative estimate of drug-likeness (QED) is 0.200. The molecule has 0 bridgehead atoms. The normalized spacial score (nSPS) is 19.7. The zero-order valence-electron chi connectivity index (χ0n) is 22.3. The van der Waals surface area contributed by atoms with Gasteiger partial charge in [0.05, 0.1) is 24.6 Å². The van der Waals surface area contributed by atoms with Crippen molar-refractivity contribution in [3.63, 3.8) is 0 Å². The van der Waals surface area contributed by atoms with E-state index in [-0.39, 0.29) is 49.0 Å². The van der Waals surface area contributed by atoms with Gasteiger partial charge in [-0.3, -0.25) is 14.9 Å². The highest BCUT2D eigenvalue weighted by Crippen LogP contribution is 2.37. The fourth-order valence-corrected chi connectivity index (χ4v) is 4.45. The topological polar surface area (TPSA) is 136 Å². The van der Waals surface area contributed by atoms with Crippen LogP contribution < -0.4 is 15.5 Å². The van der Waals surface area contributed by atoms with Gasteiger partial charge in [-0.2, -0.15) is 0 Å². The Morgan fingerprint density at radius 2 is 2.00 bits per heavy atom. The summed E-state index contributed by atoms with van der Waals surface area (Å²) in [6, 6.07) is 3.09. The highest BCUT2D eigenvalue weighted by molar-refractivity contribution is 7.80. The van der Waals surface area contributed by atoms with Crippen molar-refractivity contribution in [1.82, 2.24) is 5.32 Å². The summed E-state index contributed by atoms with van der Waals surface area (Å²) >= 11 is 5.14. The third-order valence-corrected chi connectivity index (χ3v) is 6.15. The van der Waals surface area contributed by atoms with Crippen LogP contribution in [0.1, 0.15) is 58.9 Å². The van der Waals surface area contributed by atoms with Crippen molar-refractivity contribution in [2.75, 3.05) is 36.6 Å². The number of amides is 2. The molecule has 3 rings (SSSR count). The molecule has 2 atom stereocenters. The van der Waals surface area contributed by atoms with E-state index in [2.05, 4.69) is 10.6 Å². The molecule has 0 saturated carbocycles. The van der Waals surface area contributed by atoms with Crippen LogP contribution in [0, 0.1) is 5.92 Å². The van der Waals surface area contributed by atoms with Gasteiger partial charge in [0.25, 0.3) is 0 Å². The Morgan fingerprint density at radius 3 is 2.66 bits per heavy atom. The lowest BCUT2D eigenvalue weighted by Gasteiger charge is -2.29. The number of carbonyl (C=O) groups excluding carboxylic acids is 3. The number of phenols is 1. The monoisotopic (exact) mass is 551 g/mol. The van der Waals surface area contributed by atoms with Crippen molar-refractivity contribution in [1.29, 1.82) is 0 Å². The number of benzene rings is 1. The molecule has 0 radical (unpaired) electrons. The van der Waals surface area contributed by atoms with Gasteiger partial charge >= 0.3 is 12.1 Å². The van der Waals surface area contributed by atoms with E-state index in [1.54, 1.807) is 33.8 Å². The Balaban J connectivity index is 1.84. The smallest absolute Gasteiger partial charge is 0.413 e. The first-order valence-corrected chi connectivity index (χ1v) is 13.3. The van der Waals surface area contributed by atoms with Crippen LogP contribution >= 0.6 is 12.2 Å². The number of thiocarbonyl (C=S) groups is 1. The van der Waals surface area contributed by atoms with Crippen LogP contribution in [0.25, 0.3) is 0 Å². The number of nitrogens with one attached hydrogen (secondary N) is 2. The number of ether oxygens (including phenoxy) is 4. The SMILES string of the molecule is CCOC(=O)NC(=S)Nc1cc2c(cc1O)N(CCOC1CCCCO1)C(=O)C(C(=O)OC(C)(C)C)CC2. The van der Waals surface area contributed by atoms with Gasteiger partial charge in [-0.15, -0.1) is 0 Å². The Bertz CT molecular complexity index is 1040. The molecule has 0 spiro atoms. The van der Waals surface area contributed by atoms with E-state index in [4.69, 9.17) is 31.2 Å². The number of rotatable bonds is 7. The summed E-state index contributed by atoms with van der Waals surface area (Å²) in [6.45, 7) is 8.06. The molecule has 1 aromatic rings. The lowest BCUT2D eigenvalue weighted by molar-refractivity contribution is -0.164. The van der Waals surface area contributed by atoms with Gasteiger partial charge in [-0.1, -0.05) is 0 Å². The van der Waals surface area contributed by atoms with E-state index < -0.39 is 29.5 Å². The van der Waals surface area contributed by atoms with Crippen molar-refractivity contribution >= 4 is 46.7 Å². The maximum absolute atomic E-state index is 13.6. The molecule has 1 saturated heterocycles. The Kier molecular flexibility index (Phi) is 10.3. The number of hydrogen-bond acceptors (Lipinski definition) is 9. The molecule has 2 amide bonds. The summed E-state index contributed by atoms with van der Waals surface area (Å²) in [4.78, 5) is 39.7. The van der Waals surface area contributed by atoms with Crippen molar-refractivity contribution in [3.8, 4) is 5.75 Å². The van der Waals surface area contributed by atoms with Gasteiger partial charge in [0.1, 0.15) is 17.3 Å². The summed E-state index contributed by atoms with van der Waals surface area (Å²) < 4.78 is 21.8. The van der Waals surface area contributed by atoms with Gasteiger partial charge in [0.2, 0.25) is 5.91 Å². The van der Waals surface area contributed by atoms with Gasteiger partial charge in [-0.05, 0) is 83.6 Å². The molecule has 38 heavy (non-hydrogen) atoms. The number of nitrogens with zero attached hydrogens (tertiary/aromatic N) is 1. The average molecular weight is 552 g/mol. The van der Waals surface area contributed by atoms with Crippen LogP contribution in [0.15, 0.2) is 12.1 Å². The molecule has 210 valence electrons. The number of anilines is 2. The molecular formula is C26H37N3O8S. The third kappa shape index (κ3) is 8.27. The van der Waals surface area contributed by atoms with Crippen LogP contribution in [0.5, 0.6) is 5.75 Å². The minimum Gasteiger partial charge on any atom is -0.506 e. The molecular weight excluding hydrogens is 514 g/mol. The van der Waals surface area contributed by atoms with Crippen LogP contribution in [0.4, 0.5) is 16.2 Å². The number of alkyl carbamates (subject to hydrolysis) is 1. The first-order valence-electron chi connectivity index (χ1n) is 12.9. The second-order valence-corrected chi connectivity index (χ2v) is 10.5. The molecule has 2 unspecified atom stereocenters. The van der Waals surface area contributed by atoms with E-state index >= 15 is 0 Å². The largest absolute Gasteiger partial charge is 0.506 e. The van der Waals surface area contributed by atoms with E-state index in [9.17, 15) is 19.5 Å². The lowest BCUT2D eigenvalue weighted by atomic mass is 9.99. The fraction of sp³-hybridized carbons (Fsp3) is 0.615. The number of carbonyl (C=O) groups is 3. The molecule has 2 heterocycles. The Hall–Kier alpha value is -2.96. The molecule has 0 aromatic heterocycles. The molecule has 12 heteroatoms. The maximum Gasteiger partial charge on any atom is 0.413 e. The second kappa shape index (κ2) is 13.2. The number of esters is 1. The van der Waals surface area contributed by atoms with Gasteiger partial charge in [-0.25, -0.2) is 4.79 Å². The van der Waals surface area contributed by atoms with Crippen LogP contribution in [0.3, 0.4) is 0 Å². The molecule has 0 aliphatic carbocycles. The van der Waals surface area contributed by atoms with Crippen molar-refractivity contribution in [2.24, 2.45) is 5.92 Å². The molecule has 1 fully saturated rings. The molecule has 1 aromatic carbocycles. The lowest BCUT2D eigenvalue weighted by Crippen LogP contribution is -2.43. The maximum atomic E-state index is 13.6. The number of phenolic OH excluding ortho intramolecular Hbond substituents is 1. The van der Waals surface area contributed by atoms with Crippen LogP contribution in [0.2, 0.25) is 0 Å². The molecule has 2 aliphatic heterocycles. The standard InChI is InChI=1S/C26H37N3O8S/c1-5-34-25(33)28-24(38)27-18-14-16-9-10-17(23(32)37-26(2,3)4)22(31)29(19(16)15-20(18)30)11-13-36-21-8-6-7-12-35-21/h14-15,17,21,30H,5-13H2,1-4H3,(H2,27,28,33,38). The minimum absolute atomic E-state index is 0.0623. The summed E-state index contributed by atoms with van der Waals surface area (Å²) in [5.41, 5.74) is 0.652. The zero-order chi connectivity index (χ0) is 27.9. The van der Waals surface area contributed by atoms with Gasteiger partial charge in [0, 0.05) is 19.2 Å². The van der Waals surface area contributed by atoms with Gasteiger partial charge in [0.15, 0.2) is 11.4 Å². The van der Waals surface area contributed by atoms with E-state index in [1.165, 1.54) is 11.0 Å². The highest BCUT2D eigenvalue weighted by Gasteiger charge is 2.38. The first kappa shape index (κ1) is 29.6. The van der Waals surface area contributed by atoms with Crippen molar-refractivity contribution in [3.05, 3.63) is 17.7 Å². The summed E-state index contributed by atoms with van der Waals surface area (Å²) in [7, 11) is 0. The molecule has 11 nitrogen and oxygen atoms in total. The van der Waals surface area contributed by atoms with E-state index in [0.717, 1.165) is 19.3 Å². The number of fused-ring (bicyclic) bond motifs is 1. The Labute approximate surface area is 228 Å². The summed E-state index contributed by atoms with van der Waals surface area (Å²) in [5, 5.41) is 15.8. The fourth-order valence-electron chi connectivity index (χ4n) is 4.26. The van der Waals surface area contributed by atoms with Crippen molar-refractivity contribution in [2.45, 2.75) is 71.7 Å². The predicted molar refractivity (Wildman–Crippen MR) is 144 cm³/mol. The Morgan fingerprint density at radius 1 is 1.24 bits per heavy atom. The first-order chi connectivity index (χ1) is 18.0. The number of aromatic hydroxyl groups is 1. The van der Waals surface area contributed by atoms with E-state index in [1.807, 2.05) is 0 Å². The van der Waals surface area contributed by atoms with Crippen molar-refractivity contribution < 1.29 is 38.4 Å². The number of aryl methyl sites for hydroxylation is 1. The van der Waals surface area contributed by atoms with E-state index in [0.29, 0.717) is 24.3 Å².